The second kappa shape index (κ2) is 12.0. The summed E-state index contributed by atoms with van der Waals surface area (Å²) in [4.78, 5) is 37.7. The highest BCUT2D eigenvalue weighted by atomic mass is 32.1. The van der Waals surface area contributed by atoms with E-state index in [4.69, 9.17) is 9.47 Å². The lowest BCUT2D eigenvalue weighted by atomic mass is 9.99. The molecule has 2 heterocycles. The zero-order chi connectivity index (χ0) is 27.3. The minimum atomic E-state index is -2.53. The van der Waals surface area contributed by atoms with Gasteiger partial charge in [-0.05, 0) is 57.2 Å². The van der Waals surface area contributed by atoms with Crippen LogP contribution in [0.3, 0.4) is 0 Å². The molecule has 2 aromatic heterocycles. The van der Waals surface area contributed by atoms with Crippen molar-refractivity contribution in [2.75, 3.05) is 20.3 Å². The molecule has 1 aliphatic carbocycles. The molecular weight excluding hydrogens is 512 g/mol. The zero-order valence-electron chi connectivity index (χ0n) is 21.7. The van der Waals surface area contributed by atoms with Crippen LogP contribution in [-0.2, 0) is 27.9 Å². The van der Waals surface area contributed by atoms with Gasteiger partial charge >= 0.3 is 5.97 Å². The maximum Gasteiger partial charge on any atom is 0.358 e. The van der Waals surface area contributed by atoms with Gasteiger partial charge in [0.15, 0.2) is 5.69 Å². The first-order valence-corrected chi connectivity index (χ1v) is 13.4. The van der Waals surface area contributed by atoms with Gasteiger partial charge in [-0.25, -0.2) is 18.6 Å². The van der Waals surface area contributed by atoms with E-state index in [-0.39, 0.29) is 30.3 Å². The molecule has 1 amide bonds. The van der Waals surface area contributed by atoms with Crippen molar-refractivity contribution in [3.63, 3.8) is 0 Å². The third-order valence-electron chi connectivity index (χ3n) is 6.64. The average molecular weight is 544 g/mol. The summed E-state index contributed by atoms with van der Waals surface area (Å²) in [7, 11) is 1.56. The molecule has 1 fully saturated rings. The molecule has 7 nitrogen and oxygen atoms in total. The van der Waals surface area contributed by atoms with Gasteiger partial charge in [0.05, 0.1) is 37.6 Å². The Kier molecular flexibility index (Phi) is 8.71. The molecule has 0 aliphatic heterocycles. The maximum atomic E-state index is 13.9. The van der Waals surface area contributed by atoms with Crippen LogP contribution in [0.25, 0.3) is 0 Å². The topological polar surface area (TPSA) is 81.6 Å². The highest BCUT2D eigenvalue weighted by Gasteiger charge is 2.54. The first-order valence-electron chi connectivity index (χ1n) is 12.6. The van der Waals surface area contributed by atoms with Gasteiger partial charge in [0, 0.05) is 17.0 Å². The van der Waals surface area contributed by atoms with E-state index in [0.29, 0.717) is 48.7 Å². The third-order valence-corrected chi connectivity index (χ3v) is 7.60. The number of alkyl halides is 2. The Morgan fingerprint density at radius 1 is 1.21 bits per heavy atom. The summed E-state index contributed by atoms with van der Waals surface area (Å²) in [6.07, 6.45) is 1.58. The molecule has 0 unspecified atom stereocenters. The number of hydrogen-bond acceptors (Lipinski definition) is 7. The van der Waals surface area contributed by atoms with Crippen LogP contribution in [0.5, 0.6) is 5.75 Å². The monoisotopic (exact) mass is 543 g/mol. The normalized spacial score (nSPS) is 13.8. The predicted octanol–water partition coefficient (Wildman–Crippen LogP) is 5.66. The highest BCUT2D eigenvalue weighted by Crippen LogP contribution is 2.49. The number of carbonyl (C=O) groups is 2. The van der Waals surface area contributed by atoms with E-state index in [9.17, 15) is 18.4 Å². The van der Waals surface area contributed by atoms with Crippen molar-refractivity contribution in [3.05, 3.63) is 75.0 Å². The van der Waals surface area contributed by atoms with E-state index < -0.39 is 17.8 Å². The van der Waals surface area contributed by atoms with Gasteiger partial charge in [0.2, 0.25) is 5.91 Å². The van der Waals surface area contributed by atoms with Gasteiger partial charge in [-0.1, -0.05) is 24.3 Å². The van der Waals surface area contributed by atoms with Crippen molar-refractivity contribution in [1.82, 2.24) is 14.9 Å². The molecule has 1 aliphatic rings. The van der Waals surface area contributed by atoms with Gasteiger partial charge in [0.25, 0.3) is 6.43 Å². The summed E-state index contributed by atoms with van der Waals surface area (Å²) in [5, 5.41) is 0.636. The summed E-state index contributed by atoms with van der Waals surface area (Å²) < 4.78 is 36.6. The van der Waals surface area contributed by atoms with Crippen molar-refractivity contribution in [2.45, 2.75) is 57.9 Å². The Morgan fingerprint density at radius 2 is 2.00 bits per heavy atom. The Bertz CT molecular complexity index is 1280. The summed E-state index contributed by atoms with van der Waals surface area (Å²) in [6.45, 7) is 4.43. The average Bonchev–Trinajstić information content (AvgIpc) is 3.65. The summed E-state index contributed by atoms with van der Waals surface area (Å²) in [5.74, 6) is 0.0806. The van der Waals surface area contributed by atoms with E-state index in [0.717, 1.165) is 10.4 Å². The lowest BCUT2D eigenvalue weighted by molar-refractivity contribution is -0.134. The van der Waals surface area contributed by atoms with E-state index in [1.165, 1.54) is 23.5 Å². The number of methoxy groups -OCH3 is 1. The van der Waals surface area contributed by atoms with E-state index in [2.05, 4.69) is 9.97 Å². The number of benzene rings is 1. The van der Waals surface area contributed by atoms with Gasteiger partial charge in [0.1, 0.15) is 10.8 Å². The summed E-state index contributed by atoms with van der Waals surface area (Å²) in [6, 6.07) is 9.99. The lowest BCUT2D eigenvalue weighted by Crippen LogP contribution is -2.40. The fraction of sp³-hybridized carbons (Fsp3) is 0.429. The van der Waals surface area contributed by atoms with E-state index >= 15 is 0 Å². The molecule has 4 rings (SSSR count). The lowest BCUT2D eigenvalue weighted by Gasteiger charge is -2.27. The number of hydrogen-bond donors (Lipinski definition) is 0. The SMILES string of the molecule is CCOC(=O)c1nc(CN(CCCc2cccc(C(F)F)c2)C(=O)C2(c3ccc(OC)cn3)CC2)sc1C. The molecule has 202 valence electrons. The number of nitrogens with zero attached hydrogens (tertiary/aromatic N) is 3. The zero-order valence-corrected chi connectivity index (χ0v) is 22.5. The Hall–Kier alpha value is -3.40. The molecule has 1 saturated carbocycles. The van der Waals surface area contributed by atoms with Crippen LogP contribution < -0.4 is 4.74 Å². The first-order chi connectivity index (χ1) is 18.3. The van der Waals surface area contributed by atoms with Crippen molar-refractivity contribution >= 4 is 23.2 Å². The number of halogens is 2. The number of rotatable bonds is 12. The second-order valence-corrected chi connectivity index (χ2v) is 10.6. The number of aromatic nitrogens is 2. The molecule has 0 radical (unpaired) electrons. The van der Waals surface area contributed by atoms with Crippen LogP contribution in [0.15, 0.2) is 42.6 Å². The van der Waals surface area contributed by atoms with E-state index in [1.54, 1.807) is 44.2 Å². The number of ether oxygens (including phenoxy) is 2. The number of carbonyl (C=O) groups excluding carboxylic acids is 2. The van der Waals surface area contributed by atoms with Gasteiger partial charge in [-0.15, -0.1) is 11.3 Å². The third kappa shape index (κ3) is 6.18. The highest BCUT2D eigenvalue weighted by molar-refractivity contribution is 7.11. The molecule has 0 atom stereocenters. The number of thiazole rings is 1. The predicted molar refractivity (Wildman–Crippen MR) is 140 cm³/mol. The fourth-order valence-electron chi connectivity index (χ4n) is 4.47. The van der Waals surface area contributed by atoms with Crippen LogP contribution >= 0.6 is 11.3 Å². The Balaban J connectivity index is 1.54. The van der Waals surface area contributed by atoms with E-state index in [1.807, 2.05) is 12.1 Å². The van der Waals surface area contributed by atoms with Crippen LogP contribution in [0, 0.1) is 6.92 Å². The smallest absolute Gasteiger partial charge is 0.358 e. The van der Waals surface area contributed by atoms with Crippen molar-refractivity contribution in [3.8, 4) is 5.75 Å². The molecule has 38 heavy (non-hydrogen) atoms. The molecule has 0 saturated heterocycles. The minimum absolute atomic E-state index is 0.0114. The standard InChI is InChI=1S/C28H31F2N3O4S/c1-4-37-26(34)24-18(2)38-23(32-24)17-33(14-6-8-19-7-5-9-20(15-19)25(29)30)27(35)28(12-13-28)22-11-10-21(36-3)16-31-22/h5,7,9-11,15-16,25H,4,6,8,12-14,17H2,1-3H3. The number of amides is 1. The Labute approximate surface area is 224 Å². The van der Waals surface area contributed by atoms with Crippen molar-refractivity contribution in [2.24, 2.45) is 0 Å². The van der Waals surface area contributed by atoms with Gasteiger partial charge < -0.3 is 14.4 Å². The molecule has 0 N–H and O–H groups in total. The summed E-state index contributed by atoms with van der Waals surface area (Å²) >= 11 is 1.36. The quantitative estimate of drug-likeness (QED) is 0.274. The molecule has 0 spiro atoms. The van der Waals surface area contributed by atoms with Crippen LogP contribution in [-0.4, -0.2) is 47.0 Å². The van der Waals surface area contributed by atoms with Crippen LogP contribution in [0.4, 0.5) is 8.78 Å². The second-order valence-electron chi connectivity index (χ2n) is 9.27. The van der Waals surface area contributed by atoms with Gasteiger partial charge in [-0.3, -0.25) is 9.78 Å². The summed E-state index contributed by atoms with van der Waals surface area (Å²) in [5.41, 5.74) is 1.03. The number of esters is 1. The molecule has 3 aromatic rings. The molecular formula is C28H31F2N3O4S. The minimum Gasteiger partial charge on any atom is -0.495 e. The van der Waals surface area contributed by atoms with Crippen molar-refractivity contribution in [1.29, 1.82) is 0 Å². The van der Waals surface area contributed by atoms with Crippen molar-refractivity contribution < 1.29 is 27.8 Å². The molecule has 1 aromatic carbocycles. The first kappa shape index (κ1) is 27.6. The molecule has 10 heteroatoms. The van der Waals surface area contributed by atoms with Crippen LogP contribution in [0.2, 0.25) is 0 Å². The number of pyridine rings is 1. The number of aryl methyl sites for hydroxylation is 2. The fourth-order valence-corrected chi connectivity index (χ4v) is 5.41. The van der Waals surface area contributed by atoms with Gasteiger partial charge in [-0.2, -0.15) is 0 Å². The Morgan fingerprint density at radius 3 is 2.63 bits per heavy atom. The maximum absolute atomic E-state index is 13.9. The largest absolute Gasteiger partial charge is 0.495 e. The molecule has 0 bridgehead atoms. The van der Waals surface area contributed by atoms with Crippen LogP contribution in [0.1, 0.15) is 69.8 Å².